The van der Waals surface area contributed by atoms with Crippen LogP contribution in [0.4, 0.5) is 0 Å². The molecule has 160 valence electrons. The van der Waals surface area contributed by atoms with Crippen LogP contribution in [-0.2, 0) is 14.8 Å². The van der Waals surface area contributed by atoms with E-state index in [1.165, 1.54) is 15.3 Å². The first-order chi connectivity index (χ1) is 13.5. The van der Waals surface area contributed by atoms with Gasteiger partial charge in [-0.15, -0.1) is 0 Å². The number of nitrogens with one attached hydrogen (secondary N) is 2. The molecule has 0 saturated carbocycles. The fraction of sp³-hybridized carbons (Fsp3) is 0.600. The Morgan fingerprint density at radius 2 is 1.97 bits per heavy atom. The molecule has 1 amide bonds. The van der Waals surface area contributed by atoms with Crippen LogP contribution in [0.15, 0.2) is 29.2 Å². The molecule has 2 aliphatic heterocycles. The monoisotopic (exact) mass is 440 g/mol. The molecule has 7 nitrogen and oxygen atoms in total. The van der Waals surface area contributed by atoms with Gasteiger partial charge in [0.25, 0.3) is 5.91 Å². The predicted molar refractivity (Wildman–Crippen MR) is 113 cm³/mol. The molecule has 1 atom stereocenters. The van der Waals surface area contributed by atoms with Crippen LogP contribution in [0.1, 0.15) is 40.0 Å². The highest BCUT2D eigenvalue weighted by Gasteiger charge is 2.46. The van der Waals surface area contributed by atoms with Crippen molar-refractivity contribution < 1.29 is 13.2 Å². The van der Waals surface area contributed by atoms with Gasteiger partial charge in [-0.3, -0.25) is 15.1 Å². The maximum atomic E-state index is 12.9. The van der Waals surface area contributed by atoms with Gasteiger partial charge < -0.3 is 5.32 Å². The van der Waals surface area contributed by atoms with Gasteiger partial charge in [-0.1, -0.05) is 31.5 Å². The molecule has 0 spiro atoms. The van der Waals surface area contributed by atoms with Gasteiger partial charge in [0.2, 0.25) is 10.0 Å². The van der Waals surface area contributed by atoms with E-state index in [0.29, 0.717) is 49.8 Å². The molecule has 1 unspecified atom stereocenters. The normalized spacial score (nSPS) is 24.4. The number of rotatable bonds is 6. The number of halogens is 1. The molecule has 2 N–H and O–H groups in total. The van der Waals surface area contributed by atoms with Gasteiger partial charge in [-0.25, -0.2) is 8.42 Å². The van der Waals surface area contributed by atoms with Gasteiger partial charge >= 0.3 is 0 Å². The van der Waals surface area contributed by atoms with Gasteiger partial charge in [0.1, 0.15) is 5.54 Å². The number of piperidine rings is 1. The number of hydrogen-bond acceptors (Lipinski definition) is 4. The molecule has 0 radical (unpaired) electrons. The van der Waals surface area contributed by atoms with Crippen molar-refractivity contribution in [1.29, 1.82) is 5.41 Å². The van der Waals surface area contributed by atoms with Crippen molar-refractivity contribution in [2.75, 3.05) is 19.6 Å². The summed E-state index contributed by atoms with van der Waals surface area (Å²) in [5, 5.41) is 11.6. The quantitative estimate of drug-likeness (QED) is 0.711. The van der Waals surface area contributed by atoms with E-state index in [9.17, 15) is 13.2 Å². The van der Waals surface area contributed by atoms with Crippen LogP contribution in [0.3, 0.4) is 0 Å². The van der Waals surface area contributed by atoms with E-state index in [0.717, 1.165) is 0 Å². The van der Waals surface area contributed by atoms with Gasteiger partial charge in [-0.05, 0) is 56.2 Å². The lowest BCUT2D eigenvalue weighted by atomic mass is 9.90. The molecule has 29 heavy (non-hydrogen) atoms. The minimum atomic E-state index is -3.58. The van der Waals surface area contributed by atoms with Crippen LogP contribution in [0.5, 0.6) is 0 Å². The van der Waals surface area contributed by atoms with Crippen molar-refractivity contribution in [3.05, 3.63) is 29.3 Å². The summed E-state index contributed by atoms with van der Waals surface area (Å²) in [5.41, 5.74) is -0.734. The Kier molecular flexibility index (Phi) is 6.27. The van der Waals surface area contributed by atoms with Crippen molar-refractivity contribution in [2.45, 2.75) is 50.5 Å². The molecule has 2 saturated heterocycles. The Balaban J connectivity index is 1.62. The molecule has 3 rings (SSSR count). The summed E-state index contributed by atoms with van der Waals surface area (Å²) in [6.45, 7) is 7.20. The molecule has 0 aliphatic carbocycles. The highest BCUT2D eigenvalue weighted by atomic mass is 35.5. The maximum Gasteiger partial charge on any atom is 0.254 e. The van der Waals surface area contributed by atoms with Crippen LogP contribution >= 0.6 is 11.6 Å². The number of carbonyl (C=O) groups excluding carboxylic acids is 1. The van der Waals surface area contributed by atoms with Crippen LogP contribution in [-0.4, -0.2) is 54.7 Å². The fourth-order valence-electron chi connectivity index (χ4n) is 4.28. The third-order valence-corrected chi connectivity index (χ3v) is 7.78. The molecule has 1 aromatic carbocycles. The number of guanidine groups is 1. The highest BCUT2D eigenvalue weighted by Crippen LogP contribution is 2.29. The standard InChI is InChI=1S/C20H29ClN4O3S/c1-14(2)12-20(3)18(26)25(19(22)23-20)13-15-7-9-24(10-8-15)29(27,28)17-6-4-5-16(21)11-17/h4-6,11,14-15H,7-10,12-13H2,1-3H3,(H2,22,23). The summed E-state index contributed by atoms with van der Waals surface area (Å²) in [6.07, 6.45) is 1.97. The Morgan fingerprint density at radius 1 is 1.31 bits per heavy atom. The van der Waals surface area contributed by atoms with E-state index in [2.05, 4.69) is 19.2 Å². The van der Waals surface area contributed by atoms with Gasteiger partial charge in [0, 0.05) is 24.7 Å². The van der Waals surface area contributed by atoms with Crippen molar-refractivity contribution in [3.8, 4) is 0 Å². The zero-order chi connectivity index (χ0) is 21.4. The molecule has 2 heterocycles. The van der Waals surface area contributed by atoms with Crippen molar-refractivity contribution >= 4 is 33.5 Å². The summed E-state index contributed by atoms with van der Waals surface area (Å²) in [7, 11) is -3.58. The molecular weight excluding hydrogens is 412 g/mol. The number of sulfonamides is 1. The summed E-state index contributed by atoms with van der Waals surface area (Å²) in [6, 6.07) is 6.30. The molecule has 2 fully saturated rings. The van der Waals surface area contributed by atoms with E-state index in [4.69, 9.17) is 17.0 Å². The predicted octanol–water partition coefficient (Wildman–Crippen LogP) is 2.91. The van der Waals surface area contributed by atoms with Crippen LogP contribution < -0.4 is 5.32 Å². The zero-order valence-corrected chi connectivity index (χ0v) is 18.7. The van der Waals surface area contributed by atoms with Crippen LogP contribution in [0.2, 0.25) is 5.02 Å². The second-order valence-electron chi connectivity index (χ2n) is 8.62. The van der Waals surface area contributed by atoms with E-state index >= 15 is 0 Å². The lowest BCUT2D eigenvalue weighted by Gasteiger charge is -2.33. The number of hydrogen-bond donors (Lipinski definition) is 2. The first-order valence-electron chi connectivity index (χ1n) is 9.97. The third-order valence-electron chi connectivity index (χ3n) is 5.65. The van der Waals surface area contributed by atoms with Gasteiger partial charge in [0.05, 0.1) is 4.90 Å². The van der Waals surface area contributed by atoms with Crippen molar-refractivity contribution in [1.82, 2.24) is 14.5 Å². The minimum Gasteiger partial charge on any atom is -0.342 e. The van der Waals surface area contributed by atoms with Crippen LogP contribution in [0.25, 0.3) is 0 Å². The molecule has 9 heteroatoms. The molecular formula is C20H29ClN4O3S. The summed E-state index contributed by atoms with van der Waals surface area (Å²) >= 11 is 5.94. The van der Waals surface area contributed by atoms with Crippen molar-refractivity contribution in [2.24, 2.45) is 11.8 Å². The zero-order valence-electron chi connectivity index (χ0n) is 17.1. The Labute approximate surface area is 178 Å². The number of amides is 1. The van der Waals surface area contributed by atoms with Gasteiger partial charge in [-0.2, -0.15) is 4.31 Å². The largest absolute Gasteiger partial charge is 0.342 e. The smallest absolute Gasteiger partial charge is 0.254 e. The van der Waals surface area contributed by atoms with Crippen molar-refractivity contribution in [3.63, 3.8) is 0 Å². The molecule has 2 aliphatic rings. The van der Waals surface area contributed by atoms with E-state index < -0.39 is 15.6 Å². The second-order valence-corrected chi connectivity index (χ2v) is 11.0. The Bertz CT molecular complexity index is 897. The SMILES string of the molecule is CC(C)CC1(C)NC(=N)N(CC2CCN(S(=O)(=O)c3cccc(Cl)c3)CC2)C1=O. The molecule has 0 bridgehead atoms. The fourth-order valence-corrected chi connectivity index (χ4v) is 6.05. The second kappa shape index (κ2) is 8.24. The van der Waals surface area contributed by atoms with Gasteiger partial charge in [0.15, 0.2) is 5.96 Å². The Hall–Kier alpha value is -1.64. The summed E-state index contributed by atoms with van der Waals surface area (Å²) < 4.78 is 27.2. The number of carbonyl (C=O) groups is 1. The average Bonchev–Trinajstić information content (AvgIpc) is 2.84. The average molecular weight is 441 g/mol. The first kappa shape index (κ1) is 22.1. The van der Waals surface area contributed by atoms with E-state index in [1.54, 1.807) is 18.2 Å². The first-order valence-corrected chi connectivity index (χ1v) is 11.8. The van der Waals surface area contributed by atoms with E-state index in [-0.39, 0.29) is 22.7 Å². The topological polar surface area (TPSA) is 93.6 Å². The lowest BCUT2D eigenvalue weighted by molar-refractivity contribution is -0.131. The van der Waals surface area contributed by atoms with Crippen LogP contribution in [0, 0.1) is 17.2 Å². The van der Waals surface area contributed by atoms with E-state index in [1.807, 2.05) is 6.92 Å². The summed E-state index contributed by atoms with van der Waals surface area (Å²) in [4.78, 5) is 14.6. The number of nitrogens with zero attached hydrogens (tertiary/aromatic N) is 2. The minimum absolute atomic E-state index is 0.0646. The lowest BCUT2D eigenvalue weighted by Crippen LogP contribution is -2.46. The highest BCUT2D eigenvalue weighted by molar-refractivity contribution is 7.89. The Morgan fingerprint density at radius 3 is 2.55 bits per heavy atom. The maximum absolute atomic E-state index is 12.9. The third kappa shape index (κ3) is 4.59. The summed E-state index contributed by atoms with van der Waals surface area (Å²) in [5.74, 6) is 0.578. The molecule has 1 aromatic rings. The number of benzene rings is 1. The molecule has 0 aromatic heterocycles.